The van der Waals surface area contributed by atoms with Gasteiger partial charge >= 0.3 is 6.03 Å². The van der Waals surface area contributed by atoms with Crippen LogP contribution in [0.25, 0.3) is 0 Å². The molecular weight excluding hydrogens is 312 g/mol. The second-order valence-corrected chi connectivity index (χ2v) is 6.24. The number of nitrogens with zero attached hydrogens (tertiary/aromatic N) is 2. The maximum absolute atomic E-state index is 12.2. The number of urea groups is 1. The van der Waals surface area contributed by atoms with E-state index in [9.17, 15) is 9.59 Å². The highest BCUT2D eigenvalue weighted by atomic mass is 32.1. The maximum atomic E-state index is 12.2. The Kier molecular flexibility index (Phi) is 4.87. The second-order valence-electron chi connectivity index (χ2n) is 5.34. The van der Waals surface area contributed by atoms with Crippen LogP contribution in [-0.2, 0) is 4.79 Å². The first kappa shape index (κ1) is 15.5. The van der Waals surface area contributed by atoms with E-state index in [4.69, 9.17) is 0 Å². The summed E-state index contributed by atoms with van der Waals surface area (Å²) in [7, 11) is 0. The van der Waals surface area contributed by atoms with Gasteiger partial charge in [-0.15, -0.1) is 11.3 Å². The van der Waals surface area contributed by atoms with E-state index < -0.39 is 0 Å². The number of rotatable bonds is 5. The van der Waals surface area contributed by atoms with Crippen molar-refractivity contribution in [2.45, 2.75) is 18.9 Å². The molecule has 1 saturated heterocycles. The smallest absolute Gasteiger partial charge is 0.321 e. The predicted molar refractivity (Wildman–Crippen MR) is 89.3 cm³/mol. The molecule has 0 spiro atoms. The van der Waals surface area contributed by atoms with Crippen LogP contribution >= 0.6 is 11.3 Å². The first-order valence-corrected chi connectivity index (χ1v) is 8.40. The fraction of sp³-hybridized carbons (Fsp3) is 0.312. The average Bonchev–Trinajstić information content (AvgIpc) is 3.20. The Bertz CT molecular complexity index is 660. The largest absolute Gasteiger partial charge is 0.340 e. The van der Waals surface area contributed by atoms with E-state index in [0.29, 0.717) is 18.1 Å². The zero-order valence-electron chi connectivity index (χ0n) is 12.6. The minimum Gasteiger partial charge on any atom is -0.340 e. The molecule has 0 radical (unpaired) electrons. The topological polar surface area (TPSA) is 74.3 Å². The summed E-state index contributed by atoms with van der Waals surface area (Å²) in [6.45, 7) is 1.23. The lowest BCUT2D eigenvalue weighted by atomic mass is 10.1. The molecular formula is C16H18N4O2S. The molecule has 120 valence electrons. The third-order valence-corrected chi connectivity index (χ3v) is 4.42. The quantitative estimate of drug-likeness (QED) is 0.885. The summed E-state index contributed by atoms with van der Waals surface area (Å²) in [6, 6.07) is 9.11. The van der Waals surface area contributed by atoms with Crippen molar-refractivity contribution < 1.29 is 9.59 Å². The van der Waals surface area contributed by atoms with Gasteiger partial charge in [-0.3, -0.25) is 10.1 Å². The lowest BCUT2D eigenvalue weighted by Gasteiger charge is -2.25. The average molecular weight is 330 g/mol. The molecule has 0 bridgehead atoms. The van der Waals surface area contributed by atoms with Gasteiger partial charge in [0.05, 0.1) is 6.04 Å². The summed E-state index contributed by atoms with van der Waals surface area (Å²) in [4.78, 5) is 29.9. The molecule has 0 aliphatic carbocycles. The van der Waals surface area contributed by atoms with Crippen molar-refractivity contribution in [1.29, 1.82) is 0 Å². The first-order valence-electron chi connectivity index (χ1n) is 7.52. The molecule has 2 heterocycles. The van der Waals surface area contributed by atoms with Gasteiger partial charge < -0.3 is 10.2 Å². The van der Waals surface area contributed by atoms with Gasteiger partial charge in [-0.05, 0) is 12.0 Å². The number of carbonyl (C=O) groups is 2. The van der Waals surface area contributed by atoms with Crippen LogP contribution in [0.3, 0.4) is 0 Å². The summed E-state index contributed by atoms with van der Waals surface area (Å²) < 4.78 is 0. The van der Waals surface area contributed by atoms with E-state index in [1.165, 1.54) is 11.3 Å². The van der Waals surface area contributed by atoms with E-state index >= 15 is 0 Å². The van der Waals surface area contributed by atoms with Crippen molar-refractivity contribution in [3.05, 3.63) is 47.5 Å². The predicted octanol–water partition coefficient (Wildman–Crippen LogP) is 2.63. The van der Waals surface area contributed by atoms with Gasteiger partial charge in [0.2, 0.25) is 5.91 Å². The van der Waals surface area contributed by atoms with E-state index in [1.54, 1.807) is 16.5 Å². The highest BCUT2D eigenvalue weighted by Crippen LogP contribution is 2.19. The minimum atomic E-state index is -0.319. The van der Waals surface area contributed by atoms with Gasteiger partial charge in [0.25, 0.3) is 0 Å². The Morgan fingerprint density at radius 1 is 1.35 bits per heavy atom. The molecule has 0 saturated carbocycles. The summed E-state index contributed by atoms with van der Waals surface area (Å²) in [5, 5.41) is 8.00. The van der Waals surface area contributed by atoms with Crippen LogP contribution in [0, 0.1) is 0 Å². The van der Waals surface area contributed by atoms with Crippen molar-refractivity contribution in [2.24, 2.45) is 0 Å². The second kappa shape index (κ2) is 7.23. The van der Waals surface area contributed by atoms with Gasteiger partial charge in [0, 0.05) is 31.1 Å². The van der Waals surface area contributed by atoms with Gasteiger partial charge in [-0.25, -0.2) is 9.78 Å². The molecule has 3 amide bonds. The molecule has 6 nitrogen and oxygen atoms in total. The third-order valence-electron chi connectivity index (χ3n) is 3.73. The minimum absolute atomic E-state index is 0.146. The van der Waals surface area contributed by atoms with Crippen LogP contribution < -0.4 is 10.6 Å². The Balaban J connectivity index is 1.69. The standard InChI is InChI=1S/C16H18N4O2S/c21-14-7-4-9-20(14)11-13(12-5-2-1-3-6-12)18-15(22)19-16-17-8-10-23-16/h1-3,5-6,8,10,13H,4,7,9,11H2,(H2,17,18,19,22)/t13-/m1/s1. The first-order chi connectivity index (χ1) is 11.2. The molecule has 2 N–H and O–H groups in total. The zero-order valence-corrected chi connectivity index (χ0v) is 13.4. The van der Waals surface area contributed by atoms with Crippen molar-refractivity contribution in [3.63, 3.8) is 0 Å². The summed E-state index contributed by atoms with van der Waals surface area (Å²) in [5.74, 6) is 0.146. The number of carbonyl (C=O) groups excluding carboxylic acids is 2. The number of thiazole rings is 1. The maximum Gasteiger partial charge on any atom is 0.321 e. The van der Waals surface area contributed by atoms with E-state index in [1.807, 2.05) is 30.3 Å². The molecule has 2 aromatic rings. The van der Waals surface area contributed by atoms with Crippen LogP contribution in [0.1, 0.15) is 24.4 Å². The Labute approximate surface area is 138 Å². The Morgan fingerprint density at radius 2 is 2.17 bits per heavy atom. The highest BCUT2D eigenvalue weighted by molar-refractivity contribution is 7.13. The van der Waals surface area contributed by atoms with Crippen molar-refractivity contribution in [2.75, 3.05) is 18.4 Å². The van der Waals surface area contributed by atoms with Crippen molar-refractivity contribution >= 4 is 28.4 Å². The third kappa shape index (κ3) is 4.07. The number of amides is 3. The van der Waals surface area contributed by atoms with Crippen molar-refractivity contribution in [3.8, 4) is 0 Å². The normalized spacial score (nSPS) is 15.5. The number of likely N-dealkylation sites (tertiary alicyclic amines) is 1. The number of aromatic nitrogens is 1. The molecule has 1 fully saturated rings. The summed E-state index contributed by atoms with van der Waals surface area (Å²) in [6.07, 6.45) is 3.11. The highest BCUT2D eigenvalue weighted by Gasteiger charge is 2.25. The summed E-state index contributed by atoms with van der Waals surface area (Å²) in [5.41, 5.74) is 0.974. The van der Waals surface area contributed by atoms with Crippen LogP contribution in [0.2, 0.25) is 0 Å². The number of anilines is 1. The van der Waals surface area contributed by atoms with Crippen LogP contribution in [0.4, 0.5) is 9.93 Å². The monoisotopic (exact) mass is 330 g/mol. The molecule has 1 aliphatic rings. The van der Waals surface area contributed by atoms with Gasteiger partial charge in [-0.2, -0.15) is 0 Å². The number of benzene rings is 1. The Hall–Kier alpha value is -2.41. The lowest BCUT2D eigenvalue weighted by molar-refractivity contribution is -0.128. The van der Waals surface area contributed by atoms with E-state index in [0.717, 1.165) is 18.5 Å². The molecule has 23 heavy (non-hydrogen) atoms. The van der Waals surface area contributed by atoms with E-state index in [-0.39, 0.29) is 18.0 Å². The zero-order chi connectivity index (χ0) is 16.1. The fourth-order valence-corrected chi connectivity index (χ4v) is 3.14. The number of hydrogen-bond acceptors (Lipinski definition) is 4. The van der Waals surface area contributed by atoms with Gasteiger partial charge in [0.1, 0.15) is 0 Å². The Morgan fingerprint density at radius 3 is 2.83 bits per heavy atom. The number of nitrogens with one attached hydrogen (secondary N) is 2. The van der Waals surface area contributed by atoms with Gasteiger partial charge in [-0.1, -0.05) is 30.3 Å². The molecule has 0 unspecified atom stereocenters. The van der Waals surface area contributed by atoms with Crippen molar-refractivity contribution in [1.82, 2.24) is 15.2 Å². The van der Waals surface area contributed by atoms with Crippen LogP contribution in [0.5, 0.6) is 0 Å². The number of hydrogen-bond donors (Lipinski definition) is 2. The SMILES string of the molecule is O=C(Nc1nccs1)N[C@H](CN1CCCC1=O)c1ccccc1. The molecule has 1 aromatic carbocycles. The van der Waals surface area contributed by atoms with Gasteiger partial charge in [0.15, 0.2) is 5.13 Å². The molecule has 1 atom stereocenters. The molecule has 1 aromatic heterocycles. The van der Waals surface area contributed by atoms with Crippen LogP contribution in [0.15, 0.2) is 41.9 Å². The molecule has 3 rings (SSSR count). The lowest BCUT2D eigenvalue weighted by Crippen LogP contribution is -2.40. The molecule has 7 heteroatoms. The fourth-order valence-electron chi connectivity index (χ4n) is 2.61. The summed E-state index contributed by atoms with van der Waals surface area (Å²) >= 11 is 1.36. The van der Waals surface area contributed by atoms with E-state index in [2.05, 4.69) is 15.6 Å². The molecule has 1 aliphatic heterocycles. The van der Waals surface area contributed by atoms with Crippen LogP contribution in [-0.4, -0.2) is 34.9 Å².